The monoisotopic (exact) mass is 347 g/mol. The van der Waals surface area contributed by atoms with Crippen molar-refractivity contribution in [2.45, 2.75) is 62.5 Å². The largest absolute Gasteiger partial charge is 0.484 e. The molecule has 1 aromatic heterocycles. The zero-order chi connectivity index (χ0) is 17.1. The van der Waals surface area contributed by atoms with Crippen LogP contribution in [0.1, 0.15) is 32.1 Å². The molecule has 4 atom stereocenters. The molecule has 0 bridgehead atoms. The van der Waals surface area contributed by atoms with E-state index in [0.29, 0.717) is 19.0 Å². The van der Waals surface area contributed by atoms with Crippen molar-refractivity contribution in [2.75, 3.05) is 13.2 Å². The number of hydrogen-bond acceptors (Lipinski definition) is 5. The molecule has 1 aliphatic carbocycles. The number of carbonyl (C=O) groups is 1. The van der Waals surface area contributed by atoms with E-state index < -0.39 is 0 Å². The van der Waals surface area contributed by atoms with Crippen molar-refractivity contribution in [1.29, 1.82) is 0 Å². The Morgan fingerprint density at radius 3 is 2.76 bits per heavy atom. The van der Waals surface area contributed by atoms with Crippen molar-refractivity contribution < 1.29 is 19.0 Å². The summed E-state index contributed by atoms with van der Waals surface area (Å²) in [7, 11) is 0. The van der Waals surface area contributed by atoms with Crippen LogP contribution in [-0.2, 0) is 9.47 Å². The van der Waals surface area contributed by atoms with Crippen LogP contribution in [0.15, 0.2) is 24.5 Å². The van der Waals surface area contributed by atoms with Gasteiger partial charge in [0.25, 0.3) is 0 Å². The first-order valence-electron chi connectivity index (χ1n) is 9.16. The van der Waals surface area contributed by atoms with Gasteiger partial charge in [-0.25, -0.2) is 4.79 Å². The molecule has 1 saturated carbocycles. The summed E-state index contributed by atoms with van der Waals surface area (Å²) in [6.45, 7) is 0.896. The van der Waals surface area contributed by atoms with Crippen molar-refractivity contribution in [3.05, 3.63) is 24.5 Å². The van der Waals surface area contributed by atoms with Crippen molar-refractivity contribution in [1.82, 2.24) is 15.6 Å². The lowest BCUT2D eigenvalue weighted by Gasteiger charge is -2.24. The molecular weight excluding hydrogens is 322 g/mol. The summed E-state index contributed by atoms with van der Waals surface area (Å²) in [5.41, 5.74) is 0. The molecular formula is C18H25N3O4. The maximum absolute atomic E-state index is 12.3. The molecule has 0 spiro atoms. The third-order valence-electron chi connectivity index (χ3n) is 5.19. The van der Waals surface area contributed by atoms with Gasteiger partial charge in [0.15, 0.2) is 6.10 Å². The maximum Gasteiger partial charge on any atom is 0.315 e. The lowest BCUT2D eigenvalue weighted by molar-refractivity contribution is 0.0302. The molecule has 3 heterocycles. The highest BCUT2D eigenvalue weighted by Crippen LogP contribution is 2.29. The fourth-order valence-electron chi connectivity index (χ4n) is 3.92. The Balaban J connectivity index is 1.28. The number of nitrogens with zero attached hydrogens (tertiary/aromatic N) is 1. The van der Waals surface area contributed by atoms with Gasteiger partial charge in [-0.3, -0.25) is 4.98 Å². The Morgan fingerprint density at radius 2 is 1.96 bits per heavy atom. The fourth-order valence-corrected chi connectivity index (χ4v) is 3.92. The van der Waals surface area contributed by atoms with Crippen LogP contribution < -0.4 is 15.4 Å². The quantitative estimate of drug-likeness (QED) is 0.865. The van der Waals surface area contributed by atoms with E-state index >= 15 is 0 Å². The number of rotatable bonds is 4. The predicted octanol–water partition coefficient (Wildman–Crippen LogP) is 1.63. The second kappa shape index (κ2) is 7.58. The molecule has 25 heavy (non-hydrogen) atoms. The van der Waals surface area contributed by atoms with E-state index in [2.05, 4.69) is 15.6 Å². The average molecular weight is 347 g/mol. The minimum atomic E-state index is -0.178. The van der Waals surface area contributed by atoms with Crippen molar-refractivity contribution in [3.8, 4) is 5.75 Å². The highest BCUT2D eigenvalue weighted by atomic mass is 16.6. The zero-order valence-electron chi connectivity index (χ0n) is 14.2. The van der Waals surface area contributed by atoms with Crippen molar-refractivity contribution in [2.24, 2.45) is 0 Å². The van der Waals surface area contributed by atoms with Gasteiger partial charge in [-0.2, -0.15) is 0 Å². The van der Waals surface area contributed by atoms with Crippen molar-refractivity contribution >= 4 is 6.03 Å². The van der Waals surface area contributed by atoms with Crippen LogP contribution in [0.25, 0.3) is 0 Å². The van der Waals surface area contributed by atoms with E-state index in [0.717, 1.165) is 12.8 Å². The summed E-state index contributed by atoms with van der Waals surface area (Å²) in [6, 6.07) is 3.72. The van der Waals surface area contributed by atoms with E-state index in [9.17, 15) is 4.79 Å². The second-order valence-corrected chi connectivity index (χ2v) is 7.00. The minimum absolute atomic E-state index is 0.124. The van der Waals surface area contributed by atoms with Gasteiger partial charge in [0.1, 0.15) is 18.0 Å². The molecule has 2 amide bonds. The van der Waals surface area contributed by atoms with Crippen LogP contribution in [0.5, 0.6) is 5.75 Å². The fraction of sp³-hybridized carbons (Fsp3) is 0.667. The number of ether oxygens (including phenoxy) is 3. The van der Waals surface area contributed by atoms with Gasteiger partial charge in [-0.15, -0.1) is 0 Å². The summed E-state index contributed by atoms with van der Waals surface area (Å²) in [4.78, 5) is 16.3. The standard InChI is InChI=1S/C18H25N3O4/c22-18(20-12-5-2-1-3-6-12)21-14-10-23-17-15(11-24-16(14)17)25-13-7-4-8-19-9-13/h4,7-9,12,14-17H,1-3,5-6,10-11H2,(H2,20,21,22)/t14-,15+,16?,17-/m1/s1. The molecule has 4 rings (SSSR count). The number of urea groups is 1. The SMILES string of the molecule is O=C(NC1CCCCC1)N[C@@H]1CO[C@H]2C1OC[C@@H]2Oc1cccnc1. The first-order chi connectivity index (χ1) is 12.3. The van der Waals surface area contributed by atoms with Gasteiger partial charge in [0.2, 0.25) is 0 Å². The van der Waals surface area contributed by atoms with Crippen LogP contribution in [0.2, 0.25) is 0 Å². The lowest BCUT2D eigenvalue weighted by atomic mass is 9.96. The van der Waals surface area contributed by atoms with E-state index in [1.165, 1.54) is 19.3 Å². The van der Waals surface area contributed by atoms with Gasteiger partial charge in [-0.1, -0.05) is 19.3 Å². The van der Waals surface area contributed by atoms with Gasteiger partial charge < -0.3 is 24.8 Å². The Hall–Kier alpha value is -1.86. The molecule has 0 aromatic carbocycles. The Labute approximate surface area is 147 Å². The van der Waals surface area contributed by atoms with Crippen LogP contribution in [0.4, 0.5) is 4.79 Å². The van der Waals surface area contributed by atoms with E-state index in [1.54, 1.807) is 12.4 Å². The van der Waals surface area contributed by atoms with Gasteiger partial charge in [-0.05, 0) is 25.0 Å². The number of carbonyl (C=O) groups excluding carboxylic acids is 1. The second-order valence-electron chi connectivity index (χ2n) is 7.00. The molecule has 3 fully saturated rings. The number of amides is 2. The highest BCUT2D eigenvalue weighted by molar-refractivity contribution is 5.74. The molecule has 7 heteroatoms. The highest BCUT2D eigenvalue weighted by Gasteiger charge is 2.49. The smallest absolute Gasteiger partial charge is 0.315 e. The predicted molar refractivity (Wildman–Crippen MR) is 90.5 cm³/mol. The lowest BCUT2D eigenvalue weighted by Crippen LogP contribution is -2.51. The first-order valence-corrected chi connectivity index (χ1v) is 9.16. The van der Waals surface area contributed by atoms with Gasteiger partial charge in [0, 0.05) is 12.2 Å². The molecule has 2 saturated heterocycles. The summed E-state index contributed by atoms with van der Waals surface area (Å²) in [5, 5.41) is 6.09. The summed E-state index contributed by atoms with van der Waals surface area (Å²) in [6.07, 6.45) is 8.66. The Morgan fingerprint density at radius 1 is 1.12 bits per heavy atom. The number of fused-ring (bicyclic) bond motifs is 1. The van der Waals surface area contributed by atoms with E-state index in [4.69, 9.17) is 14.2 Å². The van der Waals surface area contributed by atoms with Gasteiger partial charge >= 0.3 is 6.03 Å². The average Bonchev–Trinajstić information content (AvgIpc) is 3.21. The van der Waals surface area contributed by atoms with Crippen LogP contribution in [0.3, 0.4) is 0 Å². The number of hydrogen-bond donors (Lipinski definition) is 2. The zero-order valence-corrected chi connectivity index (χ0v) is 14.2. The van der Waals surface area contributed by atoms with Crippen LogP contribution in [-0.4, -0.2) is 54.6 Å². The summed E-state index contributed by atoms with van der Waals surface area (Å²) >= 11 is 0. The van der Waals surface area contributed by atoms with Crippen LogP contribution >= 0.6 is 0 Å². The van der Waals surface area contributed by atoms with Crippen molar-refractivity contribution in [3.63, 3.8) is 0 Å². The van der Waals surface area contributed by atoms with E-state index in [1.807, 2.05) is 12.1 Å². The molecule has 2 N–H and O–H groups in total. The third kappa shape index (κ3) is 3.88. The molecule has 0 radical (unpaired) electrons. The topological polar surface area (TPSA) is 81.7 Å². The molecule has 1 unspecified atom stereocenters. The molecule has 136 valence electrons. The van der Waals surface area contributed by atoms with E-state index in [-0.39, 0.29) is 36.4 Å². The maximum atomic E-state index is 12.3. The molecule has 3 aliphatic rings. The van der Waals surface area contributed by atoms with Crippen LogP contribution in [0, 0.1) is 0 Å². The first kappa shape index (κ1) is 16.6. The molecule has 7 nitrogen and oxygen atoms in total. The molecule has 1 aromatic rings. The Kier molecular flexibility index (Phi) is 5.03. The molecule has 2 aliphatic heterocycles. The Bertz CT molecular complexity index is 579. The summed E-state index contributed by atoms with van der Waals surface area (Å²) < 4.78 is 17.6. The number of nitrogens with one attached hydrogen (secondary N) is 2. The van der Waals surface area contributed by atoms with Gasteiger partial charge in [0.05, 0.1) is 25.5 Å². The number of aromatic nitrogens is 1. The minimum Gasteiger partial charge on any atom is -0.484 e. The third-order valence-corrected chi connectivity index (χ3v) is 5.19. The normalized spacial score (nSPS) is 32.2. The summed E-state index contributed by atoms with van der Waals surface area (Å²) in [5.74, 6) is 0.701. The number of pyridine rings is 1.